The van der Waals surface area contributed by atoms with Gasteiger partial charge in [-0.25, -0.2) is 9.97 Å². The number of benzene rings is 1. The fraction of sp³-hybridized carbons (Fsp3) is 0.143. The molecule has 0 saturated carbocycles. The van der Waals surface area contributed by atoms with Gasteiger partial charge < -0.3 is 9.47 Å². The van der Waals surface area contributed by atoms with Crippen molar-refractivity contribution in [3.8, 4) is 11.5 Å². The maximum absolute atomic E-state index is 5.73. The molecule has 0 fully saturated rings. The van der Waals surface area contributed by atoms with Crippen LogP contribution in [0.4, 0.5) is 0 Å². The minimum absolute atomic E-state index is 0.366. The van der Waals surface area contributed by atoms with E-state index in [1.165, 1.54) is 0 Å². The molecule has 0 atom stereocenters. The van der Waals surface area contributed by atoms with Crippen LogP contribution in [0.15, 0.2) is 47.3 Å². The largest absolute Gasteiger partial charge is 0.497 e. The quantitative estimate of drug-likeness (QED) is 0.736. The number of nitrogens with zero attached hydrogens (tertiary/aromatic N) is 3. The van der Waals surface area contributed by atoms with E-state index < -0.39 is 0 Å². The molecule has 0 N–H and O–H groups in total. The molecule has 20 heavy (non-hydrogen) atoms. The molecule has 6 heteroatoms. The van der Waals surface area contributed by atoms with Crippen LogP contribution in [0.1, 0.15) is 5.82 Å². The van der Waals surface area contributed by atoms with Crippen molar-refractivity contribution < 1.29 is 9.47 Å². The molecule has 1 aromatic carbocycles. The predicted octanol–water partition coefficient (Wildman–Crippen LogP) is 3.08. The summed E-state index contributed by atoms with van der Waals surface area (Å²) in [6.45, 7) is 0.366. The standard InChI is InChI=1S/C14H12BrN3O2/c1-19-10-3-5-11(6-4-10)20-9-12-17-13(15)14-16-7-2-8-18(12)14/h2-8H,9H2,1H3. The summed E-state index contributed by atoms with van der Waals surface area (Å²) in [6, 6.07) is 9.30. The van der Waals surface area contributed by atoms with Gasteiger partial charge in [-0.2, -0.15) is 0 Å². The second-order valence-corrected chi connectivity index (χ2v) is 4.85. The Hall–Kier alpha value is -2.08. The molecule has 2 aromatic heterocycles. The SMILES string of the molecule is COc1ccc(OCc2nc(Br)c3ncccn23)cc1. The number of hydrogen-bond acceptors (Lipinski definition) is 4. The van der Waals surface area contributed by atoms with E-state index in [9.17, 15) is 0 Å². The number of aromatic nitrogens is 3. The molecule has 5 nitrogen and oxygen atoms in total. The predicted molar refractivity (Wildman–Crippen MR) is 78.0 cm³/mol. The maximum Gasteiger partial charge on any atom is 0.171 e. The molecule has 0 spiro atoms. The monoisotopic (exact) mass is 333 g/mol. The molecule has 3 rings (SSSR count). The van der Waals surface area contributed by atoms with Crippen LogP contribution in [-0.2, 0) is 6.61 Å². The van der Waals surface area contributed by atoms with Crippen LogP contribution < -0.4 is 9.47 Å². The Morgan fingerprint density at radius 1 is 1.20 bits per heavy atom. The summed E-state index contributed by atoms with van der Waals surface area (Å²) in [7, 11) is 1.64. The maximum atomic E-state index is 5.73. The van der Waals surface area contributed by atoms with E-state index in [1.807, 2.05) is 40.9 Å². The van der Waals surface area contributed by atoms with Gasteiger partial charge in [-0.3, -0.25) is 4.40 Å². The Labute approximate surface area is 124 Å². The lowest BCUT2D eigenvalue weighted by molar-refractivity contribution is 0.294. The fourth-order valence-corrected chi connectivity index (χ4v) is 2.37. The van der Waals surface area contributed by atoms with E-state index in [0.29, 0.717) is 11.2 Å². The number of rotatable bonds is 4. The minimum atomic E-state index is 0.366. The Morgan fingerprint density at radius 2 is 1.95 bits per heavy atom. The Bertz CT molecular complexity index is 725. The average molecular weight is 334 g/mol. The molecule has 0 aliphatic carbocycles. The highest BCUT2D eigenvalue weighted by atomic mass is 79.9. The van der Waals surface area contributed by atoms with Crippen molar-refractivity contribution in [3.63, 3.8) is 0 Å². The summed E-state index contributed by atoms with van der Waals surface area (Å²) in [4.78, 5) is 8.67. The topological polar surface area (TPSA) is 48.7 Å². The smallest absolute Gasteiger partial charge is 0.171 e. The summed E-state index contributed by atoms with van der Waals surface area (Å²) in [5, 5.41) is 0. The molecule has 0 unspecified atom stereocenters. The van der Waals surface area contributed by atoms with Gasteiger partial charge in [0.15, 0.2) is 16.1 Å². The number of fused-ring (bicyclic) bond motifs is 1. The van der Waals surface area contributed by atoms with Crippen LogP contribution in [0.2, 0.25) is 0 Å². The van der Waals surface area contributed by atoms with E-state index in [1.54, 1.807) is 13.3 Å². The molecular weight excluding hydrogens is 322 g/mol. The minimum Gasteiger partial charge on any atom is -0.497 e. The van der Waals surface area contributed by atoms with Gasteiger partial charge in [-0.05, 0) is 46.3 Å². The highest BCUT2D eigenvalue weighted by Crippen LogP contribution is 2.20. The molecular formula is C14H12BrN3O2. The summed E-state index contributed by atoms with van der Waals surface area (Å²) in [5.41, 5.74) is 0.779. The van der Waals surface area contributed by atoms with Gasteiger partial charge in [0.25, 0.3) is 0 Å². The first kappa shape index (κ1) is 12.9. The number of halogens is 1. The van der Waals surface area contributed by atoms with Gasteiger partial charge in [0.05, 0.1) is 7.11 Å². The zero-order valence-corrected chi connectivity index (χ0v) is 12.4. The Kier molecular flexibility index (Phi) is 3.56. The third-order valence-electron chi connectivity index (χ3n) is 2.86. The van der Waals surface area contributed by atoms with Crippen molar-refractivity contribution in [1.82, 2.24) is 14.4 Å². The van der Waals surface area contributed by atoms with Crippen LogP contribution in [0.25, 0.3) is 5.65 Å². The Balaban J connectivity index is 1.79. The van der Waals surface area contributed by atoms with Crippen LogP contribution in [0, 0.1) is 0 Å². The molecule has 0 radical (unpaired) electrons. The zero-order chi connectivity index (χ0) is 13.9. The summed E-state index contributed by atoms with van der Waals surface area (Å²) in [6.07, 6.45) is 3.64. The van der Waals surface area contributed by atoms with Crippen molar-refractivity contribution in [2.45, 2.75) is 6.61 Å². The second kappa shape index (κ2) is 5.50. The normalized spacial score (nSPS) is 10.7. The summed E-state index contributed by atoms with van der Waals surface area (Å²) < 4.78 is 13.4. The first-order valence-electron chi connectivity index (χ1n) is 6.02. The third-order valence-corrected chi connectivity index (χ3v) is 3.40. The lowest BCUT2D eigenvalue weighted by Gasteiger charge is -2.06. The molecule has 0 bridgehead atoms. The van der Waals surface area contributed by atoms with Crippen molar-refractivity contribution >= 4 is 21.6 Å². The van der Waals surface area contributed by atoms with Gasteiger partial charge in [-0.1, -0.05) is 0 Å². The average Bonchev–Trinajstić information content (AvgIpc) is 2.83. The van der Waals surface area contributed by atoms with E-state index in [4.69, 9.17) is 9.47 Å². The summed E-state index contributed by atoms with van der Waals surface area (Å²) in [5.74, 6) is 2.36. The van der Waals surface area contributed by atoms with Crippen molar-refractivity contribution in [2.75, 3.05) is 7.11 Å². The molecule has 0 aliphatic heterocycles. The molecule has 0 aliphatic rings. The third kappa shape index (κ3) is 2.46. The van der Waals surface area contributed by atoms with Gasteiger partial charge in [0.2, 0.25) is 0 Å². The highest BCUT2D eigenvalue weighted by molar-refractivity contribution is 9.10. The van der Waals surface area contributed by atoms with Crippen LogP contribution in [-0.4, -0.2) is 21.5 Å². The van der Waals surface area contributed by atoms with E-state index in [0.717, 1.165) is 23.0 Å². The first-order valence-corrected chi connectivity index (χ1v) is 6.81. The molecule has 0 saturated heterocycles. The number of ether oxygens (including phenoxy) is 2. The van der Waals surface area contributed by atoms with Crippen LogP contribution in [0.3, 0.4) is 0 Å². The molecule has 3 aromatic rings. The molecule has 0 amide bonds. The lowest BCUT2D eigenvalue weighted by atomic mass is 10.3. The number of methoxy groups -OCH3 is 1. The van der Waals surface area contributed by atoms with Crippen molar-refractivity contribution in [3.05, 3.63) is 53.2 Å². The first-order chi connectivity index (χ1) is 9.78. The van der Waals surface area contributed by atoms with Crippen molar-refractivity contribution in [2.24, 2.45) is 0 Å². The van der Waals surface area contributed by atoms with E-state index >= 15 is 0 Å². The van der Waals surface area contributed by atoms with Crippen LogP contribution in [0.5, 0.6) is 11.5 Å². The van der Waals surface area contributed by atoms with Gasteiger partial charge in [-0.15, -0.1) is 0 Å². The Morgan fingerprint density at radius 3 is 2.70 bits per heavy atom. The van der Waals surface area contributed by atoms with Crippen LogP contribution >= 0.6 is 15.9 Å². The zero-order valence-electron chi connectivity index (χ0n) is 10.8. The van der Waals surface area contributed by atoms with E-state index in [-0.39, 0.29) is 0 Å². The van der Waals surface area contributed by atoms with Crippen molar-refractivity contribution in [1.29, 1.82) is 0 Å². The number of hydrogen-bond donors (Lipinski definition) is 0. The summed E-state index contributed by atoms with van der Waals surface area (Å²) >= 11 is 3.40. The van der Waals surface area contributed by atoms with Gasteiger partial charge in [0, 0.05) is 12.4 Å². The molecule has 2 heterocycles. The lowest BCUT2D eigenvalue weighted by Crippen LogP contribution is -2.01. The van der Waals surface area contributed by atoms with Gasteiger partial charge >= 0.3 is 0 Å². The number of imidazole rings is 1. The van der Waals surface area contributed by atoms with Gasteiger partial charge in [0.1, 0.15) is 18.1 Å². The highest BCUT2D eigenvalue weighted by Gasteiger charge is 2.09. The van der Waals surface area contributed by atoms with E-state index in [2.05, 4.69) is 25.9 Å². The molecule has 102 valence electrons. The second-order valence-electron chi connectivity index (χ2n) is 4.10. The fourth-order valence-electron chi connectivity index (χ4n) is 1.87.